The molecule has 0 spiro atoms. The first-order chi connectivity index (χ1) is 22.3. The first-order valence-electron chi connectivity index (χ1n) is 16.8. The molecule has 1 nitrogen and oxygen atoms in total. The van der Waals surface area contributed by atoms with Crippen LogP contribution in [0.4, 0.5) is 0 Å². The van der Waals surface area contributed by atoms with E-state index in [1.807, 2.05) is 0 Å². The number of hydrogen-bond donors (Lipinski definition) is 0. The van der Waals surface area contributed by atoms with E-state index in [-0.39, 0.29) is 45.1 Å². The Balaban J connectivity index is 0.000000455. The topological polar surface area (TPSA) is 9.23 Å². The number of fused-ring (bicyclic) bond motifs is 2. The minimum absolute atomic E-state index is 0. The van der Waals surface area contributed by atoms with E-state index in [1.54, 1.807) is 18.3 Å². The van der Waals surface area contributed by atoms with E-state index >= 15 is 0 Å². The molecule has 0 amide bonds. The van der Waals surface area contributed by atoms with Crippen LogP contribution in [0.3, 0.4) is 0 Å². The van der Waals surface area contributed by atoms with Crippen LogP contribution in [-0.2, 0) is 28.8 Å². The van der Waals surface area contributed by atoms with Crippen molar-refractivity contribution in [3.63, 3.8) is 0 Å². The van der Waals surface area contributed by atoms with Gasteiger partial charge in [-0.1, -0.05) is 104 Å². The second-order valence-corrected chi connectivity index (χ2v) is 14.7. The Bertz CT molecular complexity index is 1940. The molecule has 4 aromatic rings. The van der Waals surface area contributed by atoms with Crippen molar-refractivity contribution in [3.8, 4) is 16.9 Å². The van der Waals surface area contributed by atoms with E-state index in [4.69, 9.17) is 4.74 Å². The summed E-state index contributed by atoms with van der Waals surface area (Å²) in [6.45, 7) is 22.9. The van der Waals surface area contributed by atoms with Gasteiger partial charge in [-0.25, -0.2) is 0 Å². The molecule has 3 aliphatic carbocycles. The Labute approximate surface area is 339 Å². The molecule has 3 aliphatic rings. The summed E-state index contributed by atoms with van der Waals surface area (Å²) in [5.74, 6) is 1.47. The monoisotopic (exact) mass is 812 g/mol. The van der Waals surface area contributed by atoms with E-state index < -0.39 is 0 Å². The fourth-order valence-electron chi connectivity index (χ4n) is 7.86. The van der Waals surface area contributed by atoms with Gasteiger partial charge in [-0.2, -0.15) is 23.3 Å². The zero-order valence-corrected chi connectivity index (χ0v) is 37.9. The van der Waals surface area contributed by atoms with Crippen LogP contribution < -0.4 is 4.74 Å². The molecule has 0 N–H and O–H groups in total. The molecule has 272 valence electrons. The standard InChI is InChI=1S/C23H27O.C21H21.2CH3.2ClH.Si.Zr/c1-14-8-15(2)11-18(10-14)21-19-12-16(3)9-17(19)13-20(22(21)24-7)23(4,5)6;1-13-7-14(2)10-18(9-13)21-19-6-4-5-16(19)12-17-8-15(3)11-20(17)21;;;;;;/h8-13H,1-7H3;7,9-12,21H,4-6H2,1-3H3;2*1H3;2*1H;;/q4*-1;;;;. The van der Waals surface area contributed by atoms with Crippen LogP contribution in [0.5, 0.6) is 5.75 Å². The molecule has 1 atom stereocenters. The number of methoxy groups -OCH3 is 1. The molecule has 0 heterocycles. The summed E-state index contributed by atoms with van der Waals surface area (Å²) in [5.41, 5.74) is 19.1. The van der Waals surface area contributed by atoms with Gasteiger partial charge in [-0.3, -0.25) is 0 Å². The number of ether oxygens (including phenoxy) is 1. The van der Waals surface area contributed by atoms with Crippen LogP contribution in [0.25, 0.3) is 21.9 Å². The molecule has 2 radical (unpaired) electrons. The van der Waals surface area contributed by atoms with Gasteiger partial charge in [0.2, 0.25) is 0 Å². The predicted molar refractivity (Wildman–Crippen MR) is 226 cm³/mol. The number of aryl methyl sites for hydroxylation is 5. The van der Waals surface area contributed by atoms with Crippen molar-refractivity contribution >= 4 is 42.5 Å². The molecule has 0 fully saturated rings. The van der Waals surface area contributed by atoms with Gasteiger partial charge in [0.25, 0.3) is 0 Å². The molecule has 4 aromatic carbocycles. The number of benzene rings is 3. The quantitative estimate of drug-likeness (QED) is 0.148. The average molecular weight is 815 g/mol. The molecule has 0 saturated heterocycles. The van der Waals surface area contributed by atoms with Crippen molar-refractivity contribution in [3.05, 3.63) is 154 Å². The van der Waals surface area contributed by atoms with Crippen molar-refractivity contribution in [2.24, 2.45) is 0 Å². The Morgan fingerprint density at radius 2 is 1.35 bits per heavy atom. The molecule has 0 bridgehead atoms. The van der Waals surface area contributed by atoms with Gasteiger partial charge in [-0.15, -0.1) is 71.0 Å². The molecular formula is C46H56Cl2OSiZr-4. The van der Waals surface area contributed by atoms with Crippen molar-refractivity contribution < 1.29 is 28.1 Å². The van der Waals surface area contributed by atoms with Crippen LogP contribution >= 0.6 is 24.8 Å². The van der Waals surface area contributed by atoms with E-state index in [2.05, 4.69) is 142 Å². The second-order valence-electron chi connectivity index (χ2n) is 14.7. The van der Waals surface area contributed by atoms with Crippen molar-refractivity contribution in [2.75, 3.05) is 7.11 Å². The predicted octanol–water partition coefficient (Wildman–Crippen LogP) is 13.3. The summed E-state index contributed by atoms with van der Waals surface area (Å²) >= 11 is 1.36. The number of halogens is 2. The normalized spacial score (nSPS) is 15.4. The van der Waals surface area contributed by atoms with Gasteiger partial charge in [0.15, 0.2) is 0 Å². The first kappa shape index (κ1) is 46.7. The summed E-state index contributed by atoms with van der Waals surface area (Å²) in [5, 5.41) is 2.58. The van der Waals surface area contributed by atoms with E-state index in [9.17, 15) is 0 Å². The third-order valence-electron chi connectivity index (χ3n) is 9.50. The Hall–Kier alpha value is -2.29. The maximum absolute atomic E-state index is 5.95. The zero-order chi connectivity index (χ0) is 34.2. The zero-order valence-electron chi connectivity index (χ0n) is 32.8. The fraction of sp³-hybridized carbons (Fsp3) is 0.326. The van der Waals surface area contributed by atoms with E-state index in [0.29, 0.717) is 5.92 Å². The van der Waals surface area contributed by atoms with Crippen LogP contribution in [0, 0.1) is 55.5 Å². The van der Waals surface area contributed by atoms with Gasteiger partial charge < -0.3 is 19.6 Å². The van der Waals surface area contributed by atoms with Gasteiger partial charge in [0, 0.05) is 0 Å². The number of hydrogen-bond acceptors (Lipinski definition) is 1. The van der Waals surface area contributed by atoms with Gasteiger partial charge in [0.1, 0.15) is 5.75 Å². The van der Waals surface area contributed by atoms with Crippen LogP contribution in [0.2, 0.25) is 0 Å². The SMILES string of the molecule is CC1=[C-]C2=CC3=C(CCC3)C(c3cc(C)cc(C)c3)C2=C1.COc1c(C(C)(C)C)cc2[cH-]c(C)cc2c1-c1cc(C)cc(C)c1.Cl.Cl.[CH3-].[CH3-].[Si]=[Zr]. The van der Waals surface area contributed by atoms with Crippen LogP contribution in [0.15, 0.2) is 94.6 Å². The summed E-state index contributed by atoms with van der Waals surface area (Å²) in [4.78, 5) is 0. The number of allylic oxidation sites excluding steroid dienone is 8. The summed E-state index contributed by atoms with van der Waals surface area (Å²) in [6.07, 6.45) is 12.1. The van der Waals surface area contributed by atoms with Crippen molar-refractivity contribution in [2.45, 2.75) is 92.9 Å². The van der Waals surface area contributed by atoms with E-state index in [1.165, 1.54) is 120 Å². The second kappa shape index (κ2) is 19.2. The summed E-state index contributed by atoms with van der Waals surface area (Å²) < 4.78 is 5.95. The molecule has 0 aliphatic heterocycles. The van der Waals surface area contributed by atoms with Gasteiger partial charge >= 0.3 is 30.2 Å². The molecule has 0 saturated carbocycles. The molecule has 0 aromatic heterocycles. The minimum atomic E-state index is 0. The fourth-order valence-corrected chi connectivity index (χ4v) is 7.86. The maximum atomic E-state index is 5.95. The Kier molecular flexibility index (Phi) is 17.6. The molecule has 5 heteroatoms. The molecular weight excluding hydrogens is 759 g/mol. The third-order valence-corrected chi connectivity index (χ3v) is 9.50. The first-order valence-corrected chi connectivity index (χ1v) is 21.0. The molecule has 7 rings (SSSR count). The van der Waals surface area contributed by atoms with Crippen LogP contribution in [0.1, 0.15) is 91.8 Å². The third kappa shape index (κ3) is 10.0. The number of rotatable bonds is 3. The van der Waals surface area contributed by atoms with E-state index in [0.717, 1.165) is 5.75 Å². The van der Waals surface area contributed by atoms with Gasteiger partial charge in [-0.05, 0) is 80.5 Å². The Morgan fingerprint density at radius 1 is 0.784 bits per heavy atom. The molecule has 51 heavy (non-hydrogen) atoms. The molecule has 1 unspecified atom stereocenters. The summed E-state index contributed by atoms with van der Waals surface area (Å²) in [7, 11) is 1.79. The Morgan fingerprint density at radius 3 is 1.90 bits per heavy atom. The van der Waals surface area contributed by atoms with Crippen molar-refractivity contribution in [1.82, 2.24) is 0 Å². The average Bonchev–Trinajstić information content (AvgIpc) is 3.71. The van der Waals surface area contributed by atoms with Crippen LogP contribution in [-0.4, -0.2) is 14.0 Å². The van der Waals surface area contributed by atoms with Crippen molar-refractivity contribution in [1.29, 1.82) is 0 Å². The van der Waals surface area contributed by atoms with Gasteiger partial charge in [0.05, 0.1) is 7.11 Å². The summed E-state index contributed by atoms with van der Waals surface area (Å²) in [6, 6.07) is 20.6.